The molecular formula is C19H16ClF3N4O2S. The van der Waals surface area contributed by atoms with Crippen molar-refractivity contribution >= 4 is 23.0 Å². The van der Waals surface area contributed by atoms with Crippen LogP contribution in [-0.4, -0.2) is 28.5 Å². The second-order valence-corrected chi connectivity index (χ2v) is 9.63. The summed E-state index contributed by atoms with van der Waals surface area (Å²) in [5.41, 5.74) is 0.0465. The van der Waals surface area contributed by atoms with E-state index in [9.17, 15) is 22.5 Å². The molecule has 2 heterocycles. The Morgan fingerprint density at radius 3 is 2.40 bits per heavy atom. The predicted molar refractivity (Wildman–Crippen MR) is 107 cm³/mol. The van der Waals surface area contributed by atoms with Crippen LogP contribution in [0.5, 0.6) is 0 Å². The van der Waals surface area contributed by atoms with Crippen LogP contribution in [-0.2, 0) is 24.1 Å². The van der Waals surface area contributed by atoms with Gasteiger partial charge in [-0.25, -0.2) is 4.79 Å². The molecule has 6 nitrogen and oxygen atoms in total. The molecule has 30 heavy (non-hydrogen) atoms. The van der Waals surface area contributed by atoms with E-state index in [4.69, 9.17) is 11.6 Å². The lowest BCUT2D eigenvalue weighted by molar-refractivity contribution is -0.137. The molecule has 4 rings (SSSR count). The summed E-state index contributed by atoms with van der Waals surface area (Å²) in [5, 5.41) is 4.54. The molecule has 0 bridgehead atoms. The van der Waals surface area contributed by atoms with Crippen LogP contribution in [0, 0.1) is 0 Å². The summed E-state index contributed by atoms with van der Waals surface area (Å²) in [6.07, 6.45) is -4.47. The number of aromatic amines is 1. The molecule has 0 aliphatic carbocycles. The molecule has 158 valence electrons. The van der Waals surface area contributed by atoms with Gasteiger partial charge in [-0.05, 0) is 42.0 Å². The molecule has 1 aromatic heterocycles. The van der Waals surface area contributed by atoms with Gasteiger partial charge in [0, 0.05) is 19.4 Å². The van der Waals surface area contributed by atoms with Gasteiger partial charge in [0.2, 0.25) is 4.87 Å². The van der Waals surface area contributed by atoms with Crippen LogP contribution in [0.15, 0.2) is 47.3 Å². The number of rotatable bonds is 4. The molecule has 11 heteroatoms. The van der Waals surface area contributed by atoms with Gasteiger partial charge in [0.1, 0.15) is 0 Å². The normalized spacial score (nSPS) is 20.4. The number of nitrogens with zero attached hydrogens (tertiary/aromatic N) is 3. The summed E-state index contributed by atoms with van der Waals surface area (Å²) in [4.78, 5) is 14.5. The van der Waals surface area contributed by atoms with E-state index < -0.39 is 33.7 Å². The van der Waals surface area contributed by atoms with E-state index in [0.29, 0.717) is 17.1 Å². The quantitative estimate of drug-likeness (QED) is 0.473. The van der Waals surface area contributed by atoms with Gasteiger partial charge in [0.25, 0.3) is 0 Å². The van der Waals surface area contributed by atoms with Gasteiger partial charge in [-0.15, -0.1) is 5.10 Å². The minimum Gasteiger partial charge on any atom is -0.596 e. The molecule has 1 fully saturated rings. The zero-order valence-electron chi connectivity index (χ0n) is 15.8. The van der Waals surface area contributed by atoms with E-state index in [-0.39, 0.29) is 11.5 Å². The number of hydrogen-bond acceptors (Lipinski definition) is 4. The van der Waals surface area contributed by atoms with E-state index in [1.165, 1.54) is 12.1 Å². The highest BCUT2D eigenvalue weighted by molar-refractivity contribution is 7.96. The van der Waals surface area contributed by atoms with E-state index in [2.05, 4.69) is 10.1 Å². The Labute approximate surface area is 177 Å². The fraction of sp³-hybridized carbons (Fsp3) is 0.263. The third-order valence-electron chi connectivity index (χ3n) is 4.86. The van der Waals surface area contributed by atoms with Gasteiger partial charge in [0.15, 0.2) is 5.82 Å². The molecule has 1 aliphatic rings. The number of halogens is 4. The van der Waals surface area contributed by atoms with Crippen LogP contribution >= 0.6 is 11.6 Å². The van der Waals surface area contributed by atoms with Crippen LogP contribution < -0.4 is 5.69 Å². The Bertz CT molecular complexity index is 1160. The largest absolute Gasteiger partial charge is 0.596 e. The molecule has 0 saturated carbocycles. The molecule has 0 amide bonds. The summed E-state index contributed by atoms with van der Waals surface area (Å²) < 4.78 is 53.0. The molecule has 1 aliphatic heterocycles. The van der Waals surface area contributed by atoms with Gasteiger partial charge in [-0.1, -0.05) is 22.0 Å². The molecule has 2 unspecified atom stereocenters. The summed E-state index contributed by atoms with van der Waals surface area (Å²) in [5.74, 6) is 0.179. The van der Waals surface area contributed by atoms with Crippen molar-refractivity contribution in [3.8, 4) is 17.1 Å². The van der Waals surface area contributed by atoms with Crippen LogP contribution in [0.1, 0.15) is 25.0 Å². The van der Waals surface area contributed by atoms with Crippen molar-refractivity contribution in [2.75, 3.05) is 0 Å². The van der Waals surface area contributed by atoms with Crippen molar-refractivity contribution in [3.63, 3.8) is 0 Å². The summed E-state index contributed by atoms with van der Waals surface area (Å²) in [7, 11) is 0. The Kier molecular flexibility index (Phi) is 5.00. The molecule has 0 spiro atoms. The highest BCUT2D eigenvalue weighted by Gasteiger charge is 2.63. The van der Waals surface area contributed by atoms with Gasteiger partial charge >= 0.3 is 11.9 Å². The van der Waals surface area contributed by atoms with Crippen molar-refractivity contribution in [1.82, 2.24) is 19.1 Å². The standard InChI is InChI=1S/C19H16ClF3N4O2S/c1-18(2)26(30(18)29)10-11-3-8-15(20)14(9-11)16-24-17(28)27(25-16)13-6-4-12(5-7-13)19(21,22)23/h3-9H,10H2,1-2H3,(H,24,25,28). The van der Waals surface area contributed by atoms with Crippen LogP contribution in [0.25, 0.3) is 17.1 Å². The Hall–Kier alpha value is -2.27. The maximum absolute atomic E-state index is 12.7. The third kappa shape index (κ3) is 3.76. The first-order chi connectivity index (χ1) is 14.0. The minimum absolute atomic E-state index is 0.179. The number of benzene rings is 2. The SMILES string of the molecule is CC1(C)N(Cc2ccc(Cl)c(-c3nn(-c4ccc(C(F)(F)F)cc4)c(=O)[nH]3)c2)[S+]1[O-]. The first kappa shape index (κ1) is 21.0. The number of nitrogens with one attached hydrogen (secondary N) is 1. The summed E-state index contributed by atoms with van der Waals surface area (Å²) in [6, 6.07) is 9.30. The van der Waals surface area contributed by atoms with Crippen molar-refractivity contribution < 1.29 is 17.7 Å². The van der Waals surface area contributed by atoms with E-state index in [1.54, 1.807) is 18.2 Å². The van der Waals surface area contributed by atoms with Crippen LogP contribution in [0.2, 0.25) is 5.02 Å². The molecule has 2 aromatic carbocycles. The number of hydrogen-bond donors (Lipinski definition) is 1. The summed E-state index contributed by atoms with van der Waals surface area (Å²) in [6.45, 7) is 4.19. The monoisotopic (exact) mass is 456 g/mol. The molecule has 1 saturated heterocycles. The van der Waals surface area contributed by atoms with Crippen LogP contribution in [0.3, 0.4) is 0 Å². The number of H-pyrrole nitrogens is 1. The zero-order valence-corrected chi connectivity index (χ0v) is 17.4. The topological polar surface area (TPSA) is 76.8 Å². The minimum atomic E-state index is -4.47. The molecule has 1 N–H and O–H groups in total. The second kappa shape index (κ2) is 7.16. The Balaban J connectivity index is 1.64. The van der Waals surface area contributed by atoms with Gasteiger partial charge in [0.05, 0.1) is 34.2 Å². The lowest BCUT2D eigenvalue weighted by Crippen LogP contribution is -2.16. The smallest absolute Gasteiger partial charge is 0.416 e. The maximum atomic E-state index is 12.7. The number of aromatic nitrogens is 3. The highest BCUT2D eigenvalue weighted by Crippen LogP contribution is 2.44. The van der Waals surface area contributed by atoms with Gasteiger partial charge in [-0.2, -0.15) is 17.9 Å². The first-order valence-electron chi connectivity index (χ1n) is 8.84. The number of alkyl halides is 3. The summed E-state index contributed by atoms with van der Waals surface area (Å²) >= 11 is 5.22. The average Bonchev–Trinajstić information content (AvgIpc) is 2.99. The van der Waals surface area contributed by atoms with Gasteiger partial charge in [-0.3, -0.25) is 4.98 Å². The van der Waals surface area contributed by atoms with Crippen molar-refractivity contribution in [2.45, 2.75) is 31.4 Å². The fourth-order valence-corrected chi connectivity index (χ4v) is 4.40. The lowest BCUT2D eigenvalue weighted by Gasteiger charge is -2.07. The predicted octanol–water partition coefficient (Wildman–Crippen LogP) is 4.12. The third-order valence-corrected chi connectivity index (χ3v) is 7.08. The molecule has 2 atom stereocenters. The molecular weight excluding hydrogens is 441 g/mol. The van der Waals surface area contributed by atoms with Crippen molar-refractivity contribution in [2.24, 2.45) is 0 Å². The Morgan fingerprint density at radius 1 is 1.20 bits per heavy atom. The average molecular weight is 457 g/mol. The van der Waals surface area contributed by atoms with E-state index in [1.807, 2.05) is 18.2 Å². The van der Waals surface area contributed by atoms with E-state index in [0.717, 1.165) is 22.4 Å². The fourth-order valence-electron chi connectivity index (χ4n) is 3.04. The maximum Gasteiger partial charge on any atom is 0.416 e. The van der Waals surface area contributed by atoms with Gasteiger partial charge < -0.3 is 4.55 Å². The zero-order chi connectivity index (χ0) is 21.8. The van der Waals surface area contributed by atoms with Crippen molar-refractivity contribution in [3.05, 3.63) is 69.1 Å². The molecule has 3 aromatic rings. The first-order valence-corrected chi connectivity index (χ1v) is 10.3. The van der Waals surface area contributed by atoms with E-state index >= 15 is 0 Å². The lowest BCUT2D eigenvalue weighted by atomic mass is 10.1. The van der Waals surface area contributed by atoms with Crippen molar-refractivity contribution in [1.29, 1.82) is 0 Å². The Morgan fingerprint density at radius 2 is 1.83 bits per heavy atom. The van der Waals surface area contributed by atoms with Crippen LogP contribution in [0.4, 0.5) is 13.2 Å². The highest BCUT2D eigenvalue weighted by atomic mass is 35.5. The second-order valence-electron chi connectivity index (χ2n) is 7.28. The molecule has 0 radical (unpaired) electrons.